The highest BCUT2D eigenvalue weighted by molar-refractivity contribution is 8.00. The smallest absolute Gasteiger partial charge is 0.307 e. The van der Waals surface area contributed by atoms with E-state index in [0.717, 1.165) is 10.5 Å². The fraction of sp³-hybridized carbons (Fsp3) is 0.385. The van der Waals surface area contributed by atoms with Crippen LogP contribution in [0.3, 0.4) is 0 Å². The molecular formula is C13H17NO4S. The van der Waals surface area contributed by atoms with Crippen molar-refractivity contribution in [3.05, 3.63) is 29.8 Å². The zero-order valence-corrected chi connectivity index (χ0v) is 11.5. The number of nitrogens with one attached hydrogen (secondary N) is 1. The Labute approximate surface area is 116 Å². The number of carboxylic acids is 1. The number of carbonyl (C=O) groups excluding carboxylic acids is 1. The largest absolute Gasteiger partial charge is 0.481 e. The van der Waals surface area contributed by atoms with E-state index in [1.165, 1.54) is 11.8 Å². The second kappa shape index (κ2) is 8.55. The van der Waals surface area contributed by atoms with Crippen LogP contribution in [0.5, 0.6) is 0 Å². The number of amides is 1. The van der Waals surface area contributed by atoms with Gasteiger partial charge in [-0.2, -0.15) is 0 Å². The van der Waals surface area contributed by atoms with Crippen LogP contribution in [0, 0.1) is 0 Å². The summed E-state index contributed by atoms with van der Waals surface area (Å²) in [6.07, 6.45) is 0.0163. The Morgan fingerprint density at radius 2 is 2.00 bits per heavy atom. The van der Waals surface area contributed by atoms with Crippen molar-refractivity contribution in [3.8, 4) is 0 Å². The molecule has 0 bridgehead atoms. The quantitative estimate of drug-likeness (QED) is 0.553. The van der Waals surface area contributed by atoms with Crippen LogP contribution in [-0.4, -0.2) is 43.0 Å². The van der Waals surface area contributed by atoms with Gasteiger partial charge in [-0.25, -0.2) is 0 Å². The SMILES string of the molecule is COCCNC(=O)CSc1ccc(CC(=O)O)cc1. The first-order valence-electron chi connectivity index (χ1n) is 5.81. The lowest BCUT2D eigenvalue weighted by atomic mass is 10.2. The van der Waals surface area contributed by atoms with Crippen molar-refractivity contribution in [2.45, 2.75) is 11.3 Å². The normalized spacial score (nSPS) is 10.2. The Kier molecular flexibility index (Phi) is 6.99. The third-order valence-corrected chi connectivity index (χ3v) is 3.29. The Morgan fingerprint density at radius 1 is 1.32 bits per heavy atom. The summed E-state index contributed by atoms with van der Waals surface area (Å²) in [6, 6.07) is 7.18. The third-order valence-electron chi connectivity index (χ3n) is 2.28. The Balaban J connectivity index is 2.33. The average molecular weight is 283 g/mol. The van der Waals surface area contributed by atoms with E-state index in [1.807, 2.05) is 12.1 Å². The lowest BCUT2D eigenvalue weighted by molar-refractivity contribution is -0.136. The molecule has 104 valence electrons. The highest BCUT2D eigenvalue weighted by Crippen LogP contribution is 2.18. The minimum Gasteiger partial charge on any atom is -0.481 e. The maximum Gasteiger partial charge on any atom is 0.307 e. The van der Waals surface area contributed by atoms with Crippen molar-refractivity contribution in [2.24, 2.45) is 0 Å². The van der Waals surface area contributed by atoms with Gasteiger partial charge in [-0.15, -0.1) is 11.8 Å². The summed E-state index contributed by atoms with van der Waals surface area (Å²) in [5, 5.41) is 11.4. The van der Waals surface area contributed by atoms with Gasteiger partial charge in [-0.3, -0.25) is 9.59 Å². The van der Waals surface area contributed by atoms with E-state index in [9.17, 15) is 9.59 Å². The number of methoxy groups -OCH3 is 1. The summed E-state index contributed by atoms with van der Waals surface area (Å²) in [5.74, 6) is -0.559. The van der Waals surface area contributed by atoms with Gasteiger partial charge in [0.2, 0.25) is 5.91 Å². The molecule has 1 amide bonds. The average Bonchev–Trinajstić information content (AvgIpc) is 2.37. The van der Waals surface area contributed by atoms with Crippen LogP contribution in [-0.2, 0) is 20.7 Å². The molecule has 0 aliphatic carbocycles. The zero-order valence-electron chi connectivity index (χ0n) is 10.7. The predicted molar refractivity (Wildman–Crippen MR) is 73.4 cm³/mol. The van der Waals surface area contributed by atoms with Gasteiger partial charge in [0.1, 0.15) is 0 Å². The molecule has 5 nitrogen and oxygen atoms in total. The first-order valence-corrected chi connectivity index (χ1v) is 6.79. The molecule has 0 heterocycles. The number of rotatable bonds is 8. The van der Waals surface area contributed by atoms with Gasteiger partial charge in [0.25, 0.3) is 0 Å². The molecule has 0 aliphatic rings. The van der Waals surface area contributed by atoms with Crippen LogP contribution < -0.4 is 5.32 Å². The first kappa shape index (κ1) is 15.5. The van der Waals surface area contributed by atoms with E-state index in [0.29, 0.717) is 18.9 Å². The van der Waals surface area contributed by atoms with E-state index < -0.39 is 5.97 Å². The highest BCUT2D eigenvalue weighted by atomic mass is 32.2. The number of benzene rings is 1. The molecule has 0 saturated carbocycles. The predicted octanol–water partition coefficient (Wildman–Crippen LogP) is 1.17. The first-order chi connectivity index (χ1) is 9.11. The van der Waals surface area contributed by atoms with E-state index in [1.54, 1.807) is 19.2 Å². The maximum absolute atomic E-state index is 11.4. The molecular weight excluding hydrogens is 266 g/mol. The Morgan fingerprint density at radius 3 is 2.58 bits per heavy atom. The van der Waals surface area contributed by atoms with E-state index in [-0.39, 0.29) is 12.3 Å². The fourth-order valence-electron chi connectivity index (χ4n) is 1.37. The molecule has 0 atom stereocenters. The maximum atomic E-state index is 11.4. The van der Waals surface area contributed by atoms with Crippen LogP contribution >= 0.6 is 11.8 Å². The topological polar surface area (TPSA) is 75.6 Å². The van der Waals surface area contributed by atoms with Crippen molar-refractivity contribution in [1.82, 2.24) is 5.32 Å². The molecule has 0 unspecified atom stereocenters. The molecule has 0 aromatic heterocycles. The Bertz CT molecular complexity index is 419. The molecule has 0 spiro atoms. The minimum atomic E-state index is -0.849. The monoisotopic (exact) mass is 283 g/mol. The third kappa shape index (κ3) is 6.83. The second-order valence-corrected chi connectivity index (χ2v) is 4.89. The van der Waals surface area contributed by atoms with Crippen LogP contribution in [0.2, 0.25) is 0 Å². The fourth-order valence-corrected chi connectivity index (χ4v) is 2.10. The van der Waals surface area contributed by atoms with Gasteiger partial charge in [0, 0.05) is 18.6 Å². The number of ether oxygens (including phenoxy) is 1. The Hall–Kier alpha value is -1.53. The summed E-state index contributed by atoms with van der Waals surface area (Å²) in [4.78, 5) is 22.9. The molecule has 1 aromatic carbocycles. The molecule has 0 aliphatic heterocycles. The summed E-state index contributed by atoms with van der Waals surface area (Å²) >= 11 is 1.41. The van der Waals surface area contributed by atoms with Gasteiger partial charge in [-0.05, 0) is 17.7 Å². The number of aliphatic carboxylic acids is 1. The number of thioether (sulfide) groups is 1. The van der Waals surface area contributed by atoms with Gasteiger partial charge < -0.3 is 15.2 Å². The molecule has 6 heteroatoms. The van der Waals surface area contributed by atoms with Crippen LogP contribution in [0.4, 0.5) is 0 Å². The second-order valence-electron chi connectivity index (χ2n) is 3.85. The summed E-state index contributed by atoms with van der Waals surface area (Å²) < 4.78 is 4.83. The summed E-state index contributed by atoms with van der Waals surface area (Å²) in [7, 11) is 1.58. The van der Waals surface area contributed by atoms with Crippen molar-refractivity contribution >= 4 is 23.6 Å². The molecule has 19 heavy (non-hydrogen) atoms. The summed E-state index contributed by atoms with van der Waals surface area (Å²) in [5.41, 5.74) is 0.751. The summed E-state index contributed by atoms with van der Waals surface area (Å²) in [6.45, 7) is 1.01. The molecule has 2 N–H and O–H groups in total. The molecule has 1 aromatic rings. The lowest BCUT2D eigenvalue weighted by Gasteiger charge is -2.05. The van der Waals surface area contributed by atoms with Gasteiger partial charge in [0.15, 0.2) is 0 Å². The van der Waals surface area contributed by atoms with E-state index >= 15 is 0 Å². The van der Waals surface area contributed by atoms with Gasteiger partial charge in [-0.1, -0.05) is 12.1 Å². The number of hydrogen-bond donors (Lipinski definition) is 2. The standard InChI is InChI=1S/C13H17NO4S/c1-18-7-6-14-12(15)9-19-11-4-2-10(3-5-11)8-13(16)17/h2-5H,6-9H2,1H3,(H,14,15)(H,16,17). The number of carbonyl (C=O) groups is 2. The lowest BCUT2D eigenvalue weighted by Crippen LogP contribution is -2.28. The van der Waals surface area contributed by atoms with Crippen molar-refractivity contribution < 1.29 is 19.4 Å². The van der Waals surface area contributed by atoms with Gasteiger partial charge >= 0.3 is 5.97 Å². The molecule has 0 saturated heterocycles. The van der Waals surface area contributed by atoms with Gasteiger partial charge in [0.05, 0.1) is 18.8 Å². The zero-order chi connectivity index (χ0) is 14.1. The molecule has 0 fully saturated rings. The number of carboxylic acid groups (broad SMARTS) is 1. The van der Waals surface area contributed by atoms with Crippen molar-refractivity contribution in [1.29, 1.82) is 0 Å². The molecule has 0 radical (unpaired) electrons. The van der Waals surface area contributed by atoms with E-state index in [2.05, 4.69) is 5.32 Å². The van der Waals surface area contributed by atoms with Crippen molar-refractivity contribution in [2.75, 3.05) is 26.0 Å². The van der Waals surface area contributed by atoms with Crippen molar-refractivity contribution in [3.63, 3.8) is 0 Å². The van der Waals surface area contributed by atoms with E-state index in [4.69, 9.17) is 9.84 Å². The number of hydrogen-bond acceptors (Lipinski definition) is 4. The minimum absolute atomic E-state index is 0.0163. The molecule has 1 rings (SSSR count). The van der Waals surface area contributed by atoms with Crippen LogP contribution in [0.15, 0.2) is 29.2 Å². The van der Waals surface area contributed by atoms with Crippen LogP contribution in [0.1, 0.15) is 5.56 Å². The highest BCUT2D eigenvalue weighted by Gasteiger charge is 2.03. The van der Waals surface area contributed by atoms with Crippen LogP contribution in [0.25, 0.3) is 0 Å².